The summed E-state index contributed by atoms with van der Waals surface area (Å²) in [5.41, 5.74) is 0.779. The van der Waals surface area contributed by atoms with E-state index in [2.05, 4.69) is 0 Å². The molecule has 1 aromatic carbocycles. The van der Waals surface area contributed by atoms with Crippen LogP contribution in [0, 0.1) is 11.3 Å². The van der Waals surface area contributed by atoms with Gasteiger partial charge in [0.25, 0.3) is 5.91 Å². The van der Waals surface area contributed by atoms with Crippen molar-refractivity contribution < 1.29 is 14.3 Å². The van der Waals surface area contributed by atoms with Gasteiger partial charge in [-0.25, -0.2) is 0 Å². The molecular formula is C18H22N2O3. The van der Waals surface area contributed by atoms with Crippen molar-refractivity contribution in [3.05, 3.63) is 30.3 Å². The van der Waals surface area contributed by atoms with Gasteiger partial charge in [-0.3, -0.25) is 9.59 Å². The number of amides is 2. The zero-order valence-corrected chi connectivity index (χ0v) is 13.2. The third-order valence-electron chi connectivity index (χ3n) is 5.17. The molecule has 2 amide bonds. The van der Waals surface area contributed by atoms with Crippen LogP contribution in [-0.4, -0.2) is 49.6 Å². The average molecular weight is 314 g/mol. The summed E-state index contributed by atoms with van der Waals surface area (Å²) in [6, 6.07) is 9.75. The van der Waals surface area contributed by atoms with Gasteiger partial charge in [-0.1, -0.05) is 18.2 Å². The van der Waals surface area contributed by atoms with Gasteiger partial charge in [0.05, 0.1) is 6.61 Å². The van der Waals surface area contributed by atoms with Gasteiger partial charge in [0.1, 0.15) is 6.61 Å². The van der Waals surface area contributed by atoms with E-state index in [-0.39, 0.29) is 23.8 Å². The maximum Gasteiger partial charge on any atom is 0.252 e. The Morgan fingerprint density at radius 1 is 1.17 bits per heavy atom. The number of hydrogen-bond donors (Lipinski definition) is 0. The first-order valence-electron chi connectivity index (χ1n) is 8.39. The Kier molecular flexibility index (Phi) is 3.60. The van der Waals surface area contributed by atoms with Gasteiger partial charge in [-0.15, -0.1) is 0 Å². The first kappa shape index (κ1) is 14.7. The molecule has 5 heteroatoms. The van der Waals surface area contributed by atoms with Crippen LogP contribution < -0.4 is 4.90 Å². The van der Waals surface area contributed by atoms with Crippen LogP contribution in [0.2, 0.25) is 0 Å². The summed E-state index contributed by atoms with van der Waals surface area (Å²) in [5, 5.41) is 0. The third-order valence-corrected chi connectivity index (χ3v) is 5.17. The maximum absolute atomic E-state index is 12.4. The lowest BCUT2D eigenvalue weighted by molar-refractivity contribution is -0.132. The zero-order chi connectivity index (χ0) is 15.9. The van der Waals surface area contributed by atoms with Crippen LogP contribution in [0.1, 0.15) is 19.3 Å². The number of benzene rings is 1. The molecule has 2 saturated heterocycles. The number of para-hydroxylation sites is 1. The quantitative estimate of drug-likeness (QED) is 0.834. The molecule has 1 aromatic rings. The summed E-state index contributed by atoms with van der Waals surface area (Å²) in [6.07, 6.45) is 2.98. The zero-order valence-electron chi connectivity index (χ0n) is 13.2. The van der Waals surface area contributed by atoms with E-state index in [1.54, 1.807) is 0 Å². The van der Waals surface area contributed by atoms with Gasteiger partial charge >= 0.3 is 0 Å². The van der Waals surface area contributed by atoms with E-state index in [1.165, 1.54) is 0 Å². The van der Waals surface area contributed by atoms with Crippen LogP contribution in [-0.2, 0) is 14.3 Å². The summed E-state index contributed by atoms with van der Waals surface area (Å²) in [6.45, 7) is 2.79. The van der Waals surface area contributed by atoms with Crippen molar-refractivity contribution >= 4 is 17.5 Å². The van der Waals surface area contributed by atoms with Crippen molar-refractivity contribution in [1.29, 1.82) is 0 Å². The average Bonchev–Trinajstić information content (AvgIpc) is 3.35. The molecule has 0 aromatic heterocycles. The number of carbonyl (C=O) groups excluding carboxylic acids is 2. The molecule has 122 valence electrons. The Bertz CT molecular complexity index is 614. The number of nitrogens with zero attached hydrogens (tertiary/aromatic N) is 2. The Morgan fingerprint density at radius 3 is 2.70 bits per heavy atom. The maximum atomic E-state index is 12.4. The molecule has 4 rings (SSSR count). The number of ether oxygens (including phenoxy) is 1. The predicted octanol–water partition coefficient (Wildman–Crippen LogP) is 1.68. The van der Waals surface area contributed by atoms with Crippen molar-refractivity contribution in [1.82, 2.24) is 4.90 Å². The molecule has 5 nitrogen and oxygen atoms in total. The highest BCUT2D eigenvalue weighted by atomic mass is 16.5. The fraction of sp³-hybridized carbons (Fsp3) is 0.556. The Labute approximate surface area is 136 Å². The van der Waals surface area contributed by atoms with Gasteiger partial charge in [0.2, 0.25) is 5.91 Å². The second kappa shape index (κ2) is 5.64. The number of likely N-dealkylation sites (tertiary alicyclic amines) is 1. The van der Waals surface area contributed by atoms with Crippen molar-refractivity contribution in [2.24, 2.45) is 11.3 Å². The standard InChI is InChI=1S/C18H22N2O3/c21-16-10-23-13-18(12-20(16)15-4-2-1-3-5-15)8-9-19(11-18)17(22)14-6-7-14/h1-5,14H,6-13H2. The van der Waals surface area contributed by atoms with Crippen LogP contribution in [0.15, 0.2) is 30.3 Å². The molecule has 2 heterocycles. The topological polar surface area (TPSA) is 49.9 Å². The van der Waals surface area contributed by atoms with Crippen LogP contribution >= 0.6 is 0 Å². The van der Waals surface area contributed by atoms with Crippen molar-refractivity contribution in [3.63, 3.8) is 0 Å². The third kappa shape index (κ3) is 2.85. The molecule has 0 bridgehead atoms. The second-order valence-electron chi connectivity index (χ2n) is 7.09. The van der Waals surface area contributed by atoms with Crippen LogP contribution in [0.3, 0.4) is 0 Å². The minimum absolute atomic E-state index is 0.0000412. The fourth-order valence-corrected chi connectivity index (χ4v) is 3.70. The van der Waals surface area contributed by atoms with Crippen molar-refractivity contribution in [3.8, 4) is 0 Å². The number of rotatable bonds is 2. The lowest BCUT2D eigenvalue weighted by Crippen LogP contribution is -2.43. The molecule has 2 aliphatic heterocycles. The van der Waals surface area contributed by atoms with Crippen LogP contribution in [0.25, 0.3) is 0 Å². The molecular weight excluding hydrogens is 292 g/mol. The minimum Gasteiger partial charge on any atom is -0.371 e. The highest BCUT2D eigenvalue weighted by Crippen LogP contribution is 2.38. The molecule has 1 spiro atoms. The molecule has 1 unspecified atom stereocenters. The van der Waals surface area contributed by atoms with E-state index in [0.29, 0.717) is 25.6 Å². The first-order valence-corrected chi connectivity index (χ1v) is 8.39. The van der Waals surface area contributed by atoms with Crippen LogP contribution in [0.5, 0.6) is 0 Å². The van der Waals surface area contributed by atoms with E-state index in [4.69, 9.17) is 4.74 Å². The second-order valence-corrected chi connectivity index (χ2v) is 7.09. The van der Waals surface area contributed by atoms with Gasteiger partial charge < -0.3 is 14.5 Å². The van der Waals surface area contributed by atoms with E-state index < -0.39 is 0 Å². The SMILES string of the molecule is O=C(C1CC1)N1CCC2(COCC(=O)N(c3ccccc3)C2)C1. The monoisotopic (exact) mass is 314 g/mol. The van der Waals surface area contributed by atoms with Crippen molar-refractivity contribution in [2.75, 3.05) is 37.7 Å². The molecule has 1 saturated carbocycles. The molecule has 1 atom stereocenters. The summed E-state index contributed by atoms with van der Waals surface area (Å²) in [7, 11) is 0. The number of carbonyl (C=O) groups is 2. The highest BCUT2D eigenvalue weighted by Gasteiger charge is 2.46. The summed E-state index contributed by atoms with van der Waals surface area (Å²) >= 11 is 0. The molecule has 23 heavy (non-hydrogen) atoms. The smallest absolute Gasteiger partial charge is 0.252 e. The molecule has 0 N–H and O–H groups in total. The molecule has 1 aliphatic carbocycles. The lowest BCUT2D eigenvalue weighted by Gasteiger charge is -2.32. The highest BCUT2D eigenvalue weighted by molar-refractivity contribution is 5.94. The Hall–Kier alpha value is -1.88. The molecule has 0 radical (unpaired) electrons. The Balaban J connectivity index is 1.54. The van der Waals surface area contributed by atoms with Crippen molar-refractivity contribution in [2.45, 2.75) is 19.3 Å². The summed E-state index contributed by atoms with van der Waals surface area (Å²) in [4.78, 5) is 28.6. The van der Waals surface area contributed by atoms with Crippen LogP contribution in [0.4, 0.5) is 5.69 Å². The van der Waals surface area contributed by atoms with Gasteiger partial charge in [0, 0.05) is 36.7 Å². The van der Waals surface area contributed by atoms with E-state index >= 15 is 0 Å². The fourth-order valence-electron chi connectivity index (χ4n) is 3.70. The number of hydrogen-bond acceptors (Lipinski definition) is 3. The van der Waals surface area contributed by atoms with Gasteiger partial charge in [0.15, 0.2) is 0 Å². The van der Waals surface area contributed by atoms with E-state index in [1.807, 2.05) is 40.1 Å². The summed E-state index contributed by atoms with van der Waals surface area (Å²) < 4.78 is 5.67. The van der Waals surface area contributed by atoms with Gasteiger partial charge in [-0.05, 0) is 31.4 Å². The van der Waals surface area contributed by atoms with E-state index in [9.17, 15) is 9.59 Å². The summed E-state index contributed by atoms with van der Waals surface area (Å²) in [5.74, 6) is 0.549. The molecule has 3 aliphatic rings. The largest absolute Gasteiger partial charge is 0.371 e. The molecule has 3 fully saturated rings. The van der Waals surface area contributed by atoms with E-state index in [0.717, 1.165) is 31.5 Å². The minimum atomic E-state index is -0.132. The first-order chi connectivity index (χ1) is 11.2. The predicted molar refractivity (Wildman–Crippen MR) is 86.0 cm³/mol. The number of anilines is 1. The normalized spacial score (nSPS) is 28.3. The Morgan fingerprint density at radius 2 is 1.96 bits per heavy atom. The van der Waals surface area contributed by atoms with Gasteiger partial charge in [-0.2, -0.15) is 0 Å². The lowest BCUT2D eigenvalue weighted by atomic mass is 9.87.